The molecule has 0 aliphatic carbocycles. The quantitative estimate of drug-likeness (QED) is 0.858. The second-order valence-corrected chi connectivity index (χ2v) is 6.81. The average Bonchev–Trinajstić information content (AvgIpc) is 2.78. The van der Waals surface area contributed by atoms with Gasteiger partial charge < -0.3 is 9.84 Å². The van der Waals surface area contributed by atoms with Crippen LogP contribution in [-0.4, -0.2) is 38.0 Å². The van der Waals surface area contributed by atoms with Crippen LogP contribution in [0.15, 0.2) is 12.1 Å². The van der Waals surface area contributed by atoms with E-state index in [0.29, 0.717) is 13.0 Å². The van der Waals surface area contributed by atoms with Gasteiger partial charge in [-0.05, 0) is 25.0 Å². The third-order valence-electron chi connectivity index (χ3n) is 2.96. The van der Waals surface area contributed by atoms with Crippen molar-refractivity contribution in [3.8, 4) is 0 Å². The summed E-state index contributed by atoms with van der Waals surface area (Å²) in [7, 11) is -3.87. The fourth-order valence-corrected chi connectivity index (χ4v) is 3.72. The molecular weight excluding hydrogens is 325 g/mol. The van der Waals surface area contributed by atoms with Crippen LogP contribution in [0.4, 0.5) is 10.1 Å². The number of hydrogen-bond acceptors (Lipinski definition) is 4. The normalized spacial score (nSPS) is 18.7. The van der Waals surface area contributed by atoms with Crippen molar-refractivity contribution in [2.24, 2.45) is 0 Å². The molecule has 1 saturated heterocycles. The molecule has 0 amide bonds. The summed E-state index contributed by atoms with van der Waals surface area (Å²) in [5.74, 6) is -2.60. The lowest BCUT2D eigenvalue weighted by Gasteiger charge is -2.14. The smallest absolute Gasteiger partial charge is 0.339 e. The van der Waals surface area contributed by atoms with Crippen molar-refractivity contribution in [2.75, 3.05) is 17.1 Å². The summed E-state index contributed by atoms with van der Waals surface area (Å²) in [6.45, 7) is 0.492. The number of ether oxygens (including phenoxy) is 1. The van der Waals surface area contributed by atoms with Crippen LogP contribution in [0.5, 0.6) is 0 Å². The summed E-state index contributed by atoms with van der Waals surface area (Å²) in [5.41, 5.74) is -0.889. The summed E-state index contributed by atoms with van der Waals surface area (Å²) in [6.07, 6.45) is 0.933. The van der Waals surface area contributed by atoms with Crippen molar-refractivity contribution in [3.05, 3.63) is 28.5 Å². The largest absolute Gasteiger partial charge is 0.478 e. The molecule has 6 nitrogen and oxygen atoms in total. The van der Waals surface area contributed by atoms with Gasteiger partial charge >= 0.3 is 5.97 Å². The Morgan fingerprint density at radius 3 is 2.81 bits per heavy atom. The number of rotatable bonds is 5. The number of benzene rings is 1. The van der Waals surface area contributed by atoms with E-state index in [1.165, 1.54) is 0 Å². The Hall–Kier alpha value is -1.38. The van der Waals surface area contributed by atoms with Gasteiger partial charge in [0.25, 0.3) is 0 Å². The highest BCUT2D eigenvalue weighted by Crippen LogP contribution is 2.27. The van der Waals surface area contributed by atoms with E-state index in [4.69, 9.17) is 21.4 Å². The Kier molecular flexibility index (Phi) is 4.70. The monoisotopic (exact) mass is 337 g/mol. The van der Waals surface area contributed by atoms with Gasteiger partial charge in [-0.25, -0.2) is 17.6 Å². The minimum Gasteiger partial charge on any atom is -0.478 e. The topological polar surface area (TPSA) is 92.7 Å². The summed E-state index contributed by atoms with van der Waals surface area (Å²) in [4.78, 5) is 11.1. The summed E-state index contributed by atoms with van der Waals surface area (Å²) >= 11 is 5.65. The van der Waals surface area contributed by atoms with Crippen LogP contribution in [0.25, 0.3) is 0 Å². The van der Waals surface area contributed by atoms with Crippen molar-refractivity contribution in [2.45, 2.75) is 18.9 Å². The number of aromatic carboxylic acids is 1. The first-order valence-corrected chi connectivity index (χ1v) is 8.16. The molecule has 1 aliphatic heterocycles. The second kappa shape index (κ2) is 6.17. The number of anilines is 1. The van der Waals surface area contributed by atoms with Crippen LogP contribution in [-0.2, 0) is 14.8 Å². The maximum Gasteiger partial charge on any atom is 0.339 e. The van der Waals surface area contributed by atoms with Crippen LogP contribution in [0.2, 0.25) is 5.02 Å². The first-order valence-electron chi connectivity index (χ1n) is 6.13. The molecule has 0 saturated carbocycles. The molecule has 1 heterocycles. The van der Waals surface area contributed by atoms with Crippen LogP contribution < -0.4 is 4.72 Å². The van der Waals surface area contributed by atoms with E-state index in [0.717, 1.165) is 18.6 Å². The van der Waals surface area contributed by atoms with Gasteiger partial charge in [-0.15, -0.1) is 0 Å². The molecular formula is C12H13ClFNO5S. The highest BCUT2D eigenvalue weighted by Gasteiger charge is 2.26. The molecule has 21 heavy (non-hydrogen) atoms. The second-order valence-electron chi connectivity index (χ2n) is 4.63. The molecule has 2 N–H and O–H groups in total. The summed E-state index contributed by atoms with van der Waals surface area (Å²) in [6, 6.07) is 1.59. The van der Waals surface area contributed by atoms with Crippen molar-refractivity contribution in [3.63, 3.8) is 0 Å². The Morgan fingerprint density at radius 1 is 1.52 bits per heavy atom. The molecule has 1 aromatic carbocycles. The number of carbonyl (C=O) groups is 1. The minimum atomic E-state index is -3.87. The van der Waals surface area contributed by atoms with Crippen molar-refractivity contribution in [1.29, 1.82) is 0 Å². The van der Waals surface area contributed by atoms with E-state index in [2.05, 4.69) is 4.72 Å². The number of halogens is 2. The zero-order chi connectivity index (χ0) is 15.6. The fraction of sp³-hybridized carbons (Fsp3) is 0.417. The third-order valence-corrected chi connectivity index (χ3v) is 4.60. The Morgan fingerprint density at radius 2 is 2.24 bits per heavy atom. The molecule has 1 aromatic rings. The number of hydrogen-bond donors (Lipinski definition) is 2. The molecule has 1 aliphatic rings. The molecule has 0 radical (unpaired) electrons. The van der Waals surface area contributed by atoms with Gasteiger partial charge in [0.05, 0.1) is 22.6 Å². The minimum absolute atomic E-state index is 0.319. The van der Waals surface area contributed by atoms with E-state index >= 15 is 0 Å². The molecule has 0 bridgehead atoms. The van der Waals surface area contributed by atoms with Crippen LogP contribution in [0.1, 0.15) is 23.2 Å². The number of carboxylic acids is 1. The first-order chi connectivity index (χ1) is 9.78. The molecule has 9 heteroatoms. The molecule has 2 rings (SSSR count). The highest BCUT2D eigenvalue weighted by molar-refractivity contribution is 7.92. The molecule has 116 valence electrons. The molecule has 1 fully saturated rings. The van der Waals surface area contributed by atoms with Gasteiger partial charge in [-0.3, -0.25) is 4.72 Å². The number of carboxylic acid groups (broad SMARTS) is 1. The van der Waals surface area contributed by atoms with E-state index in [-0.39, 0.29) is 10.8 Å². The molecule has 0 aromatic heterocycles. The summed E-state index contributed by atoms with van der Waals surface area (Å²) < 4.78 is 44.6. The van der Waals surface area contributed by atoms with Gasteiger partial charge in [0, 0.05) is 6.61 Å². The van der Waals surface area contributed by atoms with Gasteiger partial charge in [-0.2, -0.15) is 0 Å². The molecule has 1 unspecified atom stereocenters. The Bertz CT molecular complexity index is 658. The van der Waals surface area contributed by atoms with Crippen LogP contribution in [0, 0.1) is 5.82 Å². The fourth-order valence-electron chi connectivity index (χ4n) is 2.10. The molecule has 0 spiro atoms. The van der Waals surface area contributed by atoms with E-state index in [1.54, 1.807) is 0 Å². The van der Waals surface area contributed by atoms with Crippen LogP contribution >= 0.6 is 11.6 Å². The Labute approximate surface area is 125 Å². The summed E-state index contributed by atoms with van der Waals surface area (Å²) in [5, 5.41) is 8.67. The predicted molar refractivity (Wildman–Crippen MR) is 74.8 cm³/mol. The third kappa shape index (κ3) is 4.05. The first kappa shape index (κ1) is 16.0. The number of nitrogens with one attached hydrogen (secondary N) is 1. The van der Waals surface area contributed by atoms with E-state index in [9.17, 15) is 17.6 Å². The van der Waals surface area contributed by atoms with Gasteiger partial charge in [0.2, 0.25) is 10.0 Å². The zero-order valence-electron chi connectivity index (χ0n) is 10.8. The van der Waals surface area contributed by atoms with Crippen molar-refractivity contribution >= 4 is 33.3 Å². The zero-order valence-corrected chi connectivity index (χ0v) is 12.4. The van der Waals surface area contributed by atoms with Crippen LogP contribution in [0.3, 0.4) is 0 Å². The Balaban J connectivity index is 2.27. The van der Waals surface area contributed by atoms with Gasteiger partial charge in [0.15, 0.2) is 0 Å². The highest BCUT2D eigenvalue weighted by atomic mass is 35.5. The lowest BCUT2D eigenvalue weighted by molar-refractivity contribution is 0.0698. The standard InChI is InChI=1S/C12H13ClFNO5S/c13-9-4-7(14)5-10(11(9)12(16)17)15-21(18,19)6-8-2-1-3-20-8/h4-5,8,15H,1-3,6H2,(H,16,17). The predicted octanol–water partition coefficient (Wildman–Crippen LogP) is 2.10. The van der Waals surface area contributed by atoms with E-state index in [1.807, 2.05) is 0 Å². The SMILES string of the molecule is O=C(O)c1c(Cl)cc(F)cc1NS(=O)(=O)CC1CCCO1. The van der Waals surface area contributed by atoms with Gasteiger partial charge in [0.1, 0.15) is 11.4 Å². The average molecular weight is 338 g/mol. The maximum atomic E-state index is 13.3. The number of sulfonamides is 1. The van der Waals surface area contributed by atoms with E-state index < -0.39 is 39.2 Å². The molecule has 1 atom stereocenters. The van der Waals surface area contributed by atoms with Gasteiger partial charge in [-0.1, -0.05) is 11.6 Å². The van der Waals surface area contributed by atoms with Crippen molar-refractivity contribution < 1.29 is 27.4 Å². The lowest BCUT2D eigenvalue weighted by atomic mass is 10.2. The van der Waals surface area contributed by atoms with Crippen molar-refractivity contribution in [1.82, 2.24) is 0 Å². The lowest BCUT2D eigenvalue weighted by Crippen LogP contribution is -2.26. The maximum absolute atomic E-state index is 13.3.